The van der Waals surface area contributed by atoms with Crippen LogP contribution in [-0.2, 0) is 0 Å². The van der Waals surface area contributed by atoms with Gasteiger partial charge in [-0.3, -0.25) is 4.98 Å². The van der Waals surface area contributed by atoms with E-state index in [0.29, 0.717) is 5.02 Å². The molecule has 3 nitrogen and oxygen atoms in total. The number of ether oxygens (including phenoxy) is 1. The topological polar surface area (TPSA) is 39.2 Å². The first kappa shape index (κ1) is 8.30. The summed E-state index contributed by atoms with van der Waals surface area (Å²) in [6, 6.07) is 1.44. The van der Waals surface area contributed by atoms with E-state index >= 15 is 0 Å². The predicted octanol–water partition coefficient (Wildman–Crippen LogP) is 2.47. The summed E-state index contributed by atoms with van der Waals surface area (Å²) in [5.41, 5.74) is -0.908. The number of carbonyl (C=O) groups is 1. The van der Waals surface area contributed by atoms with E-state index < -0.39 is 5.43 Å². The van der Waals surface area contributed by atoms with Gasteiger partial charge < -0.3 is 4.74 Å². The molecule has 1 aromatic rings. The van der Waals surface area contributed by atoms with E-state index in [1.54, 1.807) is 0 Å². The van der Waals surface area contributed by atoms with E-state index in [-0.39, 0.29) is 5.75 Å². The van der Waals surface area contributed by atoms with Crippen molar-refractivity contribution in [2.75, 3.05) is 0 Å². The highest BCUT2D eigenvalue weighted by atomic mass is 35.5. The lowest BCUT2D eigenvalue weighted by Gasteiger charge is -1.97. The van der Waals surface area contributed by atoms with Gasteiger partial charge in [-0.05, 0) is 0 Å². The third-order valence-electron chi connectivity index (χ3n) is 0.878. The first-order chi connectivity index (χ1) is 5.18. The van der Waals surface area contributed by atoms with Crippen molar-refractivity contribution in [3.63, 3.8) is 0 Å². The molecular weight excluding hydrogens is 189 g/mol. The summed E-state index contributed by atoms with van der Waals surface area (Å²) in [6.07, 6.45) is 2.76. The maximum absolute atomic E-state index is 10.2. The minimum Gasteiger partial charge on any atom is -0.413 e. The molecule has 1 aromatic heterocycles. The molecule has 0 unspecified atom stereocenters. The standard InChI is InChI=1S/C6H3Cl2NO2/c7-4-1-5(3-9-2-4)11-6(8)10/h1-3H. The molecule has 0 fully saturated rings. The molecule has 0 amide bonds. The second kappa shape index (κ2) is 3.55. The first-order valence-corrected chi connectivity index (χ1v) is 3.42. The lowest BCUT2D eigenvalue weighted by atomic mass is 10.5. The van der Waals surface area contributed by atoms with Crippen LogP contribution in [0.25, 0.3) is 0 Å². The number of hydrogen-bond donors (Lipinski definition) is 0. The zero-order chi connectivity index (χ0) is 8.27. The number of nitrogens with zero attached hydrogens (tertiary/aromatic N) is 1. The van der Waals surface area contributed by atoms with Crippen molar-refractivity contribution in [3.05, 3.63) is 23.5 Å². The Morgan fingerprint density at radius 3 is 2.82 bits per heavy atom. The van der Waals surface area contributed by atoms with Crippen LogP contribution in [0.15, 0.2) is 18.5 Å². The lowest BCUT2D eigenvalue weighted by Crippen LogP contribution is -1.95. The fourth-order valence-electron chi connectivity index (χ4n) is 0.541. The largest absolute Gasteiger partial charge is 0.413 e. The fraction of sp³-hybridized carbons (Fsp3) is 0. The molecule has 0 aliphatic carbocycles. The van der Waals surface area contributed by atoms with Gasteiger partial charge in [-0.25, -0.2) is 4.79 Å². The van der Waals surface area contributed by atoms with Crippen LogP contribution in [-0.4, -0.2) is 10.4 Å². The summed E-state index contributed by atoms with van der Waals surface area (Å²) in [4.78, 5) is 13.9. The maximum atomic E-state index is 10.2. The van der Waals surface area contributed by atoms with Crippen LogP contribution >= 0.6 is 23.2 Å². The zero-order valence-electron chi connectivity index (χ0n) is 5.25. The summed E-state index contributed by atoms with van der Waals surface area (Å²) in [5.74, 6) is 0.234. The Hall–Kier alpha value is -0.800. The van der Waals surface area contributed by atoms with Crippen molar-refractivity contribution in [1.82, 2.24) is 4.98 Å². The van der Waals surface area contributed by atoms with Gasteiger partial charge in [-0.15, -0.1) is 0 Å². The maximum Gasteiger partial charge on any atom is 0.409 e. The normalized spacial score (nSPS) is 9.27. The molecule has 1 rings (SSSR count). The van der Waals surface area contributed by atoms with E-state index in [0.717, 1.165) is 0 Å². The highest BCUT2D eigenvalue weighted by Crippen LogP contribution is 2.15. The van der Waals surface area contributed by atoms with Crippen molar-refractivity contribution < 1.29 is 9.53 Å². The van der Waals surface area contributed by atoms with E-state index in [4.69, 9.17) is 23.2 Å². The molecule has 0 N–H and O–H groups in total. The minimum absolute atomic E-state index is 0.234. The Labute approximate surface area is 72.9 Å². The number of halogens is 2. The number of rotatable bonds is 1. The van der Waals surface area contributed by atoms with Gasteiger partial charge >= 0.3 is 5.43 Å². The minimum atomic E-state index is -0.908. The Morgan fingerprint density at radius 2 is 2.27 bits per heavy atom. The van der Waals surface area contributed by atoms with Crippen LogP contribution in [0.4, 0.5) is 4.79 Å². The van der Waals surface area contributed by atoms with E-state index in [1.165, 1.54) is 18.5 Å². The van der Waals surface area contributed by atoms with Gasteiger partial charge in [0.15, 0.2) is 5.75 Å². The molecule has 0 saturated carbocycles. The quantitative estimate of drug-likeness (QED) is 0.641. The molecule has 0 aromatic carbocycles. The SMILES string of the molecule is O=C(Cl)Oc1cncc(Cl)c1. The van der Waals surface area contributed by atoms with E-state index in [1.807, 2.05) is 0 Å². The van der Waals surface area contributed by atoms with Gasteiger partial charge in [0.25, 0.3) is 0 Å². The number of carbonyl (C=O) groups excluding carboxylic acids is 1. The van der Waals surface area contributed by atoms with Gasteiger partial charge in [0, 0.05) is 23.9 Å². The van der Waals surface area contributed by atoms with Crippen LogP contribution in [0.5, 0.6) is 5.75 Å². The van der Waals surface area contributed by atoms with Gasteiger partial charge in [-0.1, -0.05) is 11.6 Å². The highest BCUT2D eigenvalue weighted by molar-refractivity contribution is 6.61. The monoisotopic (exact) mass is 191 g/mol. The zero-order valence-corrected chi connectivity index (χ0v) is 6.76. The first-order valence-electron chi connectivity index (χ1n) is 2.66. The molecule has 11 heavy (non-hydrogen) atoms. The van der Waals surface area contributed by atoms with Crippen LogP contribution < -0.4 is 4.74 Å². The van der Waals surface area contributed by atoms with Crippen molar-refractivity contribution in [2.45, 2.75) is 0 Å². The third kappa shape index (κ3) is 2.74. The van der Waals surface area contributed by atoms with Crippen LogP contribution in [0.3, 0.4) is 0 Å². The molecule has 1 heterocycles. The molecule has 0 aliphatic heterocycles. The number of pyridine rings is 1. The van der Waals surface area contributed by atoms with Gasteiger partial charge in [0.2, 0.25) is 0 Å². The van der Waals surface area contributed by atoms with Crippen LogP contribution in [0.1, 0.15) is 0 Å². The average Bonchev–Trinajstić information content (AvgIpc) is 1.85. The second-order valence-electron chi connectivity index (χ2n) is 1.68. The molecule has 0 radical (unpaired) electrons. The molecule has 0 atom stereocenters. The third-order valence-corrected chi connectivity index (χ3v) is 1.16. The average molecular weight is 192 g/mol. The van der Waals surface area contributed by atoms with Gasteiger partial charge in [0.05, 0.1) is 11.2 Å². The fourth-order valence-corrected chi connectivity index (χ4v) is 0.794. The lowest BCUT2D eigenvalue weighted by molar-refractivity contribution is 0.225. The molecule has 0 saturated heterocycles. The predicted molar refractivity (Wildman–Crippen MR) is 41.1 cm³/mol. The second-order valence-corrected chi connectivity index (χ2v) is 2.42. The Balaban J connectivity index is 2.79. The molecule has 0 bridgehead atoms. The van der Waals surface area contributed by atoms with Crippen molar-refractivity contribution in [3.8, 4) is 5.75 Å². The summed E-state index contributed by atoms with van der Waals surface area (Å²) in [7, 11) is 0. The Morgan fingerprint density at radius 1 is 1.55 bits per heavy atom. The summed E-state index contributed by atoms with van der Waals surface area (Å²) in [6.45, 7) is 0. The van der Waals surface area contributed by atoms with E-state index in [2.05, 4.69) is 9.72 Å². The molecule has 0 aliphatic rings. The summed E-state index contributed by atoms with van der Waals surface area (Å²) in [5, 5.41) is 0.389. The highest BCUT2D eigenvalue weighted by Gasteiger charge is 1.99. The van der Waals surface area contributed by atoms with Crippen molar-refractivity contribution >= 4 is 28.6 Å². The summed E-state index contributed by atoms with van der Waals surface area (Å²) < 4.78 is 4.47. The van der Waals surface area contributed by atoms with Gasteiger partial charge in [-0.2, -0.15) is 0 Å². The molecular formula is C6H3Cl2NO2. The molecule has 0 spiro atoms. The van der Waals surface area contributed by atoms with Gasteiger partial charge in [0.1, 0.15) is 0 Å². The Bertz CT molecular complexity index is 277. The van der Waals surface area contributed by atoms with E-state index in [9.17, 15) is 4.79 Å². The number of aromatic nitrogens is 1. The van der Waals surface area contributed by atoms with Crippen LogP contribution in [0.2, 0.25) is 5.02 Å². The van der Waals surface area contributed by atoms with Crippen LogP contribution in [0, 0.1) is 0 Å². The smallest absolute Gasteiger partial charge is 0.409 e. The molecule has 5 heteroatoms. The van der Waals surface area contributed by atoms with Crippen molar-refractivity contribution in [1.29, 1.82) is 0 Å². The van der Waals surface area contributed by atoms with Crippen molar-refractivity contribution in [2.24, 2.45) is 0 Å². The Kier molecular flexibility index (Phi) is 2.68. The number of hydrogen-bond acceptors (Lipinski definition) is 3. The summed E-state index contributed by atoms with van der Waals surface area (Å²) >= 11 is 10.5. The molecule has 58 valence electrons.